The van der Waals surface area contributed by atoms with Crippen molar-refractivity contribution in [3.63, 3.8) is 0 Å². The van der Waals surface area contributed by atoms with Crippen molar-refractivity contribution in [3.05, 3.63) is 42.2 Å². The molecule has 0 radical (unpaired) electrons. The third-order valence-corrected chi connectivity index (χ3v) is 1.50. The average Bonchev–Trinajstić information content (AvgIpc) is 2.18. The molecule has 0 N–H and O–H groups in total. The molecular formula is C13H19N. The molecule has 14 heavy (non-hydrogen) atoms. The smallest absolute Gasteiger partial charge is 0.0734 e. The molecule has 0 aromatic rings. The molecule has 0 saturated carbocycles. The lowest BCUT2D eigenvalue weighted by atomic mass is 10.1. The largest absolute Gasteiger partial charge is 0.282 e. The summed E-state index contributed by atoms with van der Waals surface area (Å²) in [5.41, 5.74) is 2.86. The van der Waals surface area contributed by atoms with Gasteiger partial charge in [0.05, 0.1) is 5.54 Å². The van der Waals surface area contributed by atoms with Crippen LogP contribution in [0.1, 0.15) is 27.7 Å². The summed E-state index contributed by atoms with van der Waals surface area (Å²) in [4.78, 5) is 4.33. The molecule has 0 aliphatic carbocycles. The predicted molar refractivity (Wildman–Crippen MR) is 64.9 cm³/mol. The summed E-state index contributed by atoms with van der Waals surface area (Å²) in [5, 5.41) is 0. The van der Waals surface area contributed by atoms with Gasteiger partial charge in [-0.3, -0.25) is 4.99 Å². The lowest BCUT2D eigenvalue weighted by Gasteiger charge is -2.12. The minimum atomic E-state index is -0.111. The number of hydrogen-bond donors (Lipinski definition) is 0. The summed E-state index contributed by atoms with van der Waals surface area (Å²) in [5.74, 6) is 0. The van der Waals surface area contributed by atoms with Crippen LogP contribution in [-0.2, 0) is 0 Å². The van der Waals surface area contributed by atoms with E-state index in [4.69, 9.17) is 0 Å². The maximum absolute atomic E-state index is 4.33. The van der Waals surface area contributed by atoms with Crippen molar-refractivity contribution in [2.24, 2.45) is 4.99 Å². The predicted octanol–water partition coefficient (Wildman–Crippen LogP) is 3.70. The lowest BCUT2D eigenvalue weighted by molar-refractivity contribution is 0.661. The fourth-order valence-electron chi connectivity index (χ4n) is 0.837. The molecule has 0 aromatic heterocycles. The van der Waals surface area contributed by atoms with Gasteiger partial charge in [-0.2, -0.15) is 0 Å². The second-order valence-corrected chi connectivity index (χ2v) is 3.18. The van der Waals surface area contributed by atoms with Gasteiger partial charge >= 0.3 is 0 Å². The van der Waals surface area contributed by atoms with E-state index in [0.717, 1.165) is 0 Å². The number of aliphatic imine (C=N–C) groups is 1. The van der Waals surface area contributed by atoms with E-state index >= 15 is 0 Å². The number of hydrogen-bond acceptors (Lipinski definition) is 1. The molecule has 1 aliphatic rings. The highest BCUT2D eigenvalue weighted by molar-refractivity contribution is 5.71. The van der Waals surface area contributed by atoms with Gasteiger partial charge in [0, 0.05) is 6.21 Å². The molecule has 0 atom stereocenters. The molecule has 0 fully saturated rings. The molecule has 76 valence electrons. The van der Waals surface area contributed by atoms with Crippen LogP contribution in [0.15, 0.2) is 47.2 Å². The van der Waals surface area contributed by atoms with Crippen LogP contribution in [-0.4, -0.2) is 11.8 Å². The van der Waals surface area contributed by atoms with Crippen molar-refractivity contribution in [2.75, 3.05) is 0 Å². The van der Waals surface area contributed by atoms with Gasteiger partial charge in [-0.1, -0.05) is 38.2 Å². The highest BCUT2D eigenvalue weighted by Gasteiger charge is 2.08. The maximum atomic E-state index is 4.33. The van der Waals surface area contributed by atoms with Crippen molar-refractivity contribution in [3.8, 4) is 0 Å². The average molecular weight is 189 g/mol. The Morgan fingerprint density at radius 1 is 1.00 bits per heavy atom. The zero-order valence-electron chi connectivity index (χ0n) is 9.49. The second kappa shape index (κ2) is 7.11. The first-order valence-electron chi connectivity index (χ1n) is 5.01. The zero-order valence-corrected chi connectivity index (χ0v) is 9.49. The standard InChI is InChI=1S/C11H13N.C2H6/c1-11(2)9-7-5-3-4-6-8-10-12-11;1-2/h3-5,7-10H,1-2H3;1-2H3/b5-3?,9-7+,12-10?;. The van der Waals surface area contributed by atoms with E-state index in [0.29, 0.717) is 0 Å². The van der Waals surface area contributed by atoms with Gasteiger partial charge in [0.2, 0.25) is 0 Å². The Kier molecular flexibility index (Phi) is 6.43. The van der Waals surface area contributed by atoms with Crippen LogP contribution in [0.3, 0.4) is 0 Å². The Morgan fingerprint density at radius 3 is 2.43 bits per heavy atom. The van der Waals surface area contributed by atoms with Crippen LogP contribution < -0.4 is 0 Å². The summed E-state index contributed by atoms with van der Waals surface area (Å²) in [6.07, 6.45) is 13.4. The van der Waals surface area contributed by atoms with Crippen LogP contribution in [0.25, 0.3) is 0 Å². The lowest BCUT2D eigenvalue weighted by Crippen LogP contribution is -2.11. The monoisotopic (exact) mass is 189 g/mol. The molecular weight excluding hydrogens is 170 g/mol. The molecule has 0 saturated heterocycles. The van der Waals surface area contributed by atoms with Crippen molar-refractivity contribution in [2.45, 2.75) is 33.2 Å². The van der Waals surface area contributed by atoms with Crippen molar-refractivity contribution < 1.29 is 0 Å². The van der Waals surface area contributed by atoms with Gasteiger partial charge in [0.25, 0.3) is 0 Å². The first-order valence-corrected chi connectivity index (χ1v) is 5.01. The van der Waals surface area contributed by atoms with Crippen LogP contribution in [0.2, 0.25) is 0 Å². The van der Waals surface area contributed by atoms with Crippen molar-refractivity contribution in [1.29, 1.82) is 0 Å². The Balaban J connectivity index is 0.000000791. The SMILES string of the molecule is CC.CC1(C)/C=C/C=CC=C=CC=N1. The zero-order chi connectivity index (χ0) is 10.9. The van der Waals surface area contributed by atoms with Crippen LogP contribution in [0.4, 0.5) is 0 Å². The molecule has 0 unspecified atom stereocenters. The summed E-state index contributed by atoms with van der Waals surface area (Å²) in [6.45, 7) is 8.12. The molecule has 1 heterocycles. The second-order valence-electron chi connectivity index (χ2n) is 3.18. The highest BCUT2D eigenvalue weighted by Crippen LogP contribution is 2.10. The van der Waals surface area contributed by atoms with Gasteiger partial charge in [-0.05, 0) is 26.0 Å². The fourth-order valence-corrected chi connectivity index (χ4v) is 0.837. The Bertz CT molecular complexity index is 284. The minimum Gasteiger partial charge on any atom is -0.282 e. The first-order chi connectivity index (χ1) is 6.71. The van der Waals surface area contributed by atoms with Gasteiger partial charge in [0.15, 0.2) is 0 Å². The number of allylic oxidation sites excluding steroid dienone is 4. The molecule has 0 amide bonds. The summed E-state index contributed by atoms with van der Waals surface area (Å²) >= 11 is 0. The molecule has 1 rings (SSSR count). The highest BCUT2D eigenvalue weighted by atomic mass is 14.8. The molecule has 0 spiro atoms. The topological polar surface area (TPSA) is 12.4 Å². The molecule has 0 aromatic carbocycles. The van der Waals surface area contributed by atoms with Gasteiger partial charge < -0.3 is 0 Å². The van der Waals surface area contributed by atoms with E-state index in [2.05, 4.69) is 30.6 Å². The Labute approximate surface area is 87.3 Å². The quantitative estimate of drug-likeness (QED) is 0.515. The van der Waals surface area contributed by atoms with Gasteiger partial charge in [0.1, 0.15) is 0 Å². The van der Waals surface area contributed by atoms with E-state index in [1.165, 1.54) is 0 Å². The van der Waals surface area contributed by atoms with Crippen LogP contribution >= 0.6 is 0 Å². The third kappa shape index (κ3) is 6.22. The van der Waals surface area contributed by atoms with E-state index in [-0.39, 0.29) is 5.54 Å². The van der Waals surface area contributed by atoms with Gasteiger partial charge in [-0.25, -0.2) is 0 Å². The van der Waals surface area contributed by atoms with E-state index in [1.807, 2.05) is 44.2 Å². The van der Waals surface area contributed by atoms with E-state index < -0.39 is 0 Å². The number of rotatable bonds is 0. The molecule has 0 bridgehead atoms. The molecule has 1 nitrogen and oxygen atoms in total. The van der Waals surface area contributed by atoms with Crippen molar-refractivity contribution >= 4 is 6.21 Å². The fraction of sp³-hybridized carbons (Fsp3) is 0.385. The maximum Gasteiger partial charge on any atom is 0.0734 e. The Morgan fingerprint density at radius 2 is 1.71 bits per heavy atom. The van der Waals surface area contributed by atoms with E-state index in [1.54, 1.807) is 6.21 Å². The van der Waals surface area contributed by atoms with Crippen molar-refractivity contribution in [1.82, 2.24) is 0 Å². The summed E-state index contributed by atoms with van der Waals surface area (Å²) < 4.78 is 0. The minimum absolute atomic E-state index is 0.111. The van der Waals surface area contributed by atoms with E-state index in [9.17, 15) is 0 Å². The Hall–Kier alpha value is -1.33. The number of nitrogens with zero attached hydrogens (tertiary/aromatic N) is 1. The summed E-state index contributed by atoms with van der Waals surface area (Å²) in [7, 11) is 0. The van der Waals surface area contributed by atoms with Gasteiger partial charge in [-0.15, -0.1) is 5.73 Å². The third-order valence-electron chi connectivity index (χ3n) is 1.50. The normalized spacial score (nSPS) is 19.7. The van der Waals surface area contributed by atoms with Crippen LogP contribution in [0.5, 0.6) is 0 Å². The summed E-state index contributed by atoms with van der Waals surface area (Å²) in [6, 6.07) is 0. The van der Waals surface area contributed by atoms with Crippen LogP contribution in [0, 0.1) is 0 Å². The molecule has 1 aliphatic heterocycles. The molecule has 1 heteroatoms. The first kappa shape index (κ1) is 12.7.